The fourth-order valence-corrected chi connectivity index (χ4v) is 4.91. The number of ketones is 1. The van der Waals surface area contributed by atoms with Gasteiger partial charge < -0.3 is 19.9 Å². The second-order valence-electron chi connectivity index (χ2n) is 9.01. The van der Waals surface area contributed by atoms with E-state index in [0.29, 0.717) is 25.5 Å². The van der Waals surface area contributed by atoms with Crippen LogP contribution >= 0.6 is 0 Å². The number of carbonyl (C=O) groups is 1. The number of Topliss-reactive ketones (excluding diaryl/α,β-unsaturated/α-hetero) is 1. The topological polar surface area (TPSA) is 101 Å². The number of fused-ring (bicyclic) bond motifs is 3. The average molecular weight is 410 g/mol. The molecule has 0 radical (unpaired) electrons. The van der Waals surface area contributed by atoms with Crippen LogP contribution in [0.3, 0.4) is 0 Å². The van der Waals surface area contributed by atoms with Gasteiger partial charge in [0, 0.05) is 24.7 Å². The number of ether oxygens (including phenoxy) is 3. The summed E-state index contributed by atoms with van der Waals surface area (Å²) in [6.45, 7) is 7.40. The van der Waals surface area contributed by atoms with Crippen molar-refractivity contribution < 1.29 is 19.0 Å². The van der Waals surface area contributed by atoms with Gasteiger partial charge in [-0.05, 0) is 44.5 Å². The number of aryl methyl sites for hydroxylation is 2. The molecule has 4 heterocycles. The maximum atomic E-state index is 12.8. The van der Waals surface area contributed by atoms with Crippen LogP contribution in [0.15, 0.2) is 29.3 Å². The van der Waals surface area contributed by atoms with Crippen LogP contribution in [0.4, 0.5) is 0 Å². The Morgan fingerprint density at radius 2 is 2.00 bits per heavy atom. The fourth-order valence-electron chi connectivity index (χ4n) is 4.91. The molecule has 1 unspecified atom stereocenters. The van der Waals surface area contributed by atoms with Crippen LogP contribution in [0.2, 0.25) is 0 Å². The lowest BCUT2D eigenvalue weighted by molar-refractivity contribution is -0.247. The molecule has 1 atom stereocenters. The molecule has 1 aromatic carbocycles. The predicted octanol–water partition coefficient (Wildman–Crippen LogP) is 1.88. The van der Waals surface area contributed by atoms with Crippen molar-refractivity contribution in [2.24, 2.45) is 23.2 Å². The Balaban J connectivity index is 1.57. The first kappa shape index (κ1) is 19.1. The molecular formula is C22H26N4O4. The van der Waals surface area contributed by atoms with E-state index < -0.39 is 16.6 Å². The molecule has 0 bridgehead atoms. The quantitative estimate of drug-likeness (QED) is 0.776. The van der Waals surface area contributed by atoms with E-state index in [1.54, 1.807) is 4.68 Å². The van der Waals surface area contributed by atoms with Gasteiger partial charge in [-0.2, -0.15) is 5.10 Å². The Kier molecular flexibility index (Phi) is 3.87. The molecule has 1 saturated heterocycles. The first-order valence-corrected chi connectivity index (χ1v) is 10.1. The summed E-state index contributed by atoms with van der Waals surface area (Å²) in [5, 5.41) is 4.31. The van der Waals surface area contributed by atoms with Gasteiger partial charge in [-0.3, -0.25) is 9.48 Å². The van der Waals surface area contributed by atoms with E-state index in [-0.39, 0.29) is 18.2 Å². The summed E-state index contributed by atoms with van der Waals surface area (Å²) < 4.78 is 19.4. The largest absolute Gasteiger partial charge is 0.487 e. The molecule has 5 rings (SSSR count). The van der Waals surface area contributed by atoms with Gasteiger partial charge in [0.1, 0.15) is 29.2 Å². The molecule has 1 aromatic heterocycles. The molecule has 8 heteroatoms. The highest BCUT2D eigenvalue weighted by Crippen LogP contribution is 2.62. The summed E-state index contributed by atoms with van der Waals surface area (Å²) in [5.74, 6) is 0.710. The van der Waals surface area contributed by atoms with Crippen molar-refractivity contribution in [1.29, 1.82) is 0 Å². The number of aromatic nitrogens is 2. The van der Waals surface area contributed by atoms with E-state index in [9.17, 15) is 4.79 Å². The van der Waals surface area contributed by atoms with Gasteiger partial charge in [0.05, 0.1) is 18.6 Å². The second-order valence-corrected chi connectivity index (χ2v) is 9.01. The standard InChI is InChI=1S/C22H26N4O4/c1-13-7-16(25-26(13)4)17(27)9-14-5-6-18-15(8-14)22(12-29-19(23)24-22)21(10-28-11-21)20(2,3)30-18/h5-8H,9-12H2,1-4H3,(H2,23,24). The minimum Gasteiger partial charge on any atom is -0.487 e. The second kappa shape index (κ2) is 6.07. The highest BCUT2D eigenvalue weighted by molar-refractivity contribution is 5.95. The Labute approximate surface area is 175 Å². The van der Waals surface area contributed by atoms with Gasteiger partial charge >= 0.3 is 0 Å². The zero-order valence-electron chi connectivity index (χ0n) is 17.7. The van der Waals surface area contributed by atoms with Gasteiger partial charge in [-0.25, -0.2) is 4.99 Å². The molecule has 2 spiro atoms. The molecular weight excluding hydrogens is 384 g/mol. The molecule has 3 aliphatic heterocycles. The summed E-state index contributed by atoms with van der Waals surface area (Å²) in [6, 6.07) is 7.83. The maximum Gasteiger partial charge on any atom is 0.283 e. The smallest absolute Gasteiger partial charge is 0.283 e. The Bertz CT molecular complexity index is 1060. The number of hydrogen-bond donors (Lipinski definition) is 1. The first-order valence-electron chi connectivity index (χ1n) is 10.1. The van der Waals surface area contributed by atoms with Crippen LogP contribution in [0.1, 0.15) is 41.2 Å². The zero-order chi connectivity index (χ0) is 21.3. The van der Waals surface area contributed by atoms with Crippen LogP contribution in [0, 0.1) is 12.3 Å². The number of nitrogens with zero attached hydrogens (tertiary/aromatic N) is 3. The maximum absolute atomic E-state index is 12.8. The third-order valence-corrected chi connectivity index (χ3v) is 6.99. The highest BCUT2D eigenvalue weighted by atomic mass is 16.5. The number of benzene rings is 1. The lowest BCUT2D eigenvalue weighted by atomic mass is 9.55. The summed E-state index contributed by atoms with van der Waals surface area (Å²) >= 11 is 0. The van der Waals surface area contributed by atoms with E-state index >= 15 is 0 Å². The van der Waals surface area contributed by atoms with E-state index in [1.165, 1.54) is 0 Å². The number of hydrogen-bond acceptors (Lipinski definition) is 7. The van der Waals surface area contributed by atoms with Gasteiger partial charge in [-0.1, -0.05) is 6.07 Å². The fraction of sp³-hybridized carbons (Fsp3) is 0.500. The number of carbonyl (C=O) groups excluding carboxylic acids is 1. The van der Waals surface area contributed by atoms with E-state index in [1.807, 2.05) is 38.2 Å². The van der Waals surface area contributed by atoms with Crippen LogP contribution < -0.4 is 10.5 Å². The van der Waals surface area contributed by atoms with Crippen molar-refractivity contribution in [3.63, 3.8) is 0 Å². The normalized spacial score (nSPS) is 25.3. The SMILES string of the molecule is Cc1cc(C(=O)Cc2ccc3c(c2)C2(COC(N)=N2)C2(COC2)C(C)(C)O3)nn1C. The summed E-state index contributed by atoms with van der Waals surface area (Å²) in [5.41, 5.74) is 7.55. The molecule has 0 saturated carbocycles. The van der Waals surface area contributed by atoms with E-state index in [0.717, 1.165) is 22.6 Å². The molecule has 158 valence electrons. The van der Waals surface area contributed by atoms with E-state index in [4.69, 9.17) is 24.9 Å². The lowest BCUT2D eigenvalue weighted by Crippen LogP contribution is -2.71. The zero-order valence-corrected chi connectivity index (χ0v) is 17.7. The minimum absolute atomic E-state index is 0.0304. The van der Waals surface area contributed by atoms with Crippen molar-refractivity contribution in [2.45, 2.75) is 38.3 Å². The number of aliphatic imine (C=N–C) groups is 1. The van der Waals surface area contributed by atoms with Crippen molar-refractivity contribution >= 4 is 11.8 Å². The summed E-state index contributed by atoms with van der Waals surface area (Å²) in [7, 11) is 1.83. The van der Waals surface area contributed by atoms with Gasteiger partial charge in [0.15, 0.2) is 5.78 Å². The van der Waals surface area contributed by atoms with E-state index in [2.05, 4.69) is 18.9 Å². The Morgan fingerprint density at radius 1 is 1.23 bits per heavy atom. The molecule has 2 N–H and O–H groups in total. The monoisotopic (exact) mass is 410 g/mol. The number of amidine groups is 1. The number of rotatable bonds is 3. The highest BCUT2D eigenvalue weighted by Gasteiger charge is 2.71. The summed E-state index contributed by atoms with van der Waals surface area (Å²) in [4.78, 5) is 17.6. The van der Waals surface area contributed by atoms with Gasteiger partial charge in [0.2, 0.25) is 0 Å². The first-order chi connectivity index (χ1) is 14.2. The predicted molar refractivity (Wildman–Crippen MR) is 110 cm³/mol. The van der Waals surface area contributed by atoms with Gasteiger partial charge in [0.25, 0.3) is 6.02 Å². The van der Waals surface area contributed by atoms with Crippen LogP contribution in [-0.2, 0) is 28.5 Å². The molecule has 0 amide bonds. The lowest BCUT2D eigenvalue weighted by Gasteiger charge is -2.61. The molecule has 2 aromatic rings. The third kappa shape index (κ3) is 2.40. The van der Waals surface area contributed by atoms with Crippen molar-refractivity contribution in [3.05, 3.63) is 46.8 Å². The van der Waals surface area contributed by atoms with Crippen molar-refractivity contribution in [2.75, 3.05) is 19.8 Å². The molecule has 1 fully saturated rings. The molecule has 30 heavy (non-hydrogen) atoms. The molecule has 8 nitrogen and oxygen atoms in total. The third-order valence-electron chi connectivity index (χ3n) is 6.99. The Hall–Kier alpha value is -2.87. The Morgan fingerprint density at radius 3 is 2.57 bits per heavy atom. The number of nitrogens with two attached hydrogens (primary N) is 1. The molecule has 3 aliphatic rings. The van der Waals surface area contributed by atoms with Crippen molar-refractivity contribution in [1.82, 2.24) is 9.78 Å². The van der Waals surface area contributed by atoms with Gasteiger partial charge in [-0.15, -0.1) is 0 Å². The summed E-state index contributed by atoms with van der Waals surface area (Å²) in [6.07, 6.45) is 0.243. The molecule has 0 aliphatic carbocycles. The minimum atomic E-state index is -0.701. The van der Waals surface area contributed by atoms with Crippen LogP contribution in [-0.4, -0.2) is 47.0 Å². The van der Waals surface area contributed by atoms with Crippen LogP contribution in [0.25, 0.3) is 0 Å². The average Bonchev–Trinajstić information content (AvgIpc) is 3.17. The van der Waals surface area contributed by atoms with Crippen LogP contribution in [0.5, 0.6) is 5.75 Å². The van der Waals surface area contributed by atoms with Crippen molar-refractivity contribution in [3.8, 4) is 5.75 Å².